The Balaban J connectivity index is 2.25. The molecule has 0 atom stereocenters. The molecule has 0 aliphatic heterocycles. The lowest BCUT2D eigenvalue weighted by molar-refractivity contribution is 0.102. The summed E-state index contributed by atoms with van der Waals surface area (Å²) in [5.41, 5.74) is 2.45. The fraction of sp³-hybridized carbons (Fsp3) is 0.0714. The molecule has 98 valence electrons. The second-order valence-corrected chi connectivity index (χ2v) is 6.67. The van der Waals surface area contributed by atoms with Crippen molar-refractivity contribution >= 4 is 59.4 Å². The van der Waals surface area contributed by atoms with Gasteiger partial charge in [0, 0.05) is 19.0 Å². The molecule has 0 fully saturated rings. The van der Waals surface area contributed by atoms with Gasteiger partial charge in [0.2, 0.25) is 0 Å². The largest absolute Gasteiger partial charge is 0.321 e. The van der Waals surface area contributed by atoms with Crippen molar-refractivity contribution in [3.05, 3.63) is 60.9 Å². The van der Waals surface area contributed by atoms with Crippen molar-refractivity contribution in [1.29, 1.82) is 0 Å². The molecule has 0 heterocycles. The summed E-state index contributed by atoms with van der Waals surface area (Å²) in [5.74, 6) is -0.139. The maximum Gasteiger partial charge on any atom is 0.255 e. The Morgan fingerprint density at radius 3 is 2.42 bits per heavy atom. The van der Waals surface area contributed by atoms with Crippen LogP contribution in [-0.2, 0) is 0 Å². The second kappa shape index (κ2) is 6.20. The smallest absolute Gasteiger partial charge is 0.255 e. The van der Waals surface area contributed by atoms with Crippen molar-refractivity contribution in [2.24, 2.45) is 0 Å². The Labute approximate surface area is 137 Å². The van der Waals surface area contributed by atoms with E-state index in [1.54, 1.807) is 6.07 Å². The molecule has 1 N–H and O–H groups in total. The predicted molar refractivity (Wildman–Crippen MR) is 88.7 cm³/mol. The van der Waals surface area contributed by atoms with Gasteiger partial charge in [-0.25, -0.2) is 0 Å². The number of aryl methyl sites for hydroxylation is 1. The molecule has 2 aromatic rings. The number of amides is 1. The van der Waals surface area contributed by atoms with Crippen molar-refractivity contribution in [3.63, 3.8) is 0 Å². The van der Waals surface area contributed by atoms with Crippen LogP contribution in [0.1, 0.15) is 15.9 Å². The molecule has 0 unspecified atom stereocenters. The number of rotatable bonds is 2. The molecule has 0 saturated heterocycles. The van der Waals surface area contributed by atoms with Crippen LogP contribution >= 0.6 is 47.8 Å². The summed E-state index contributed by atoms with van der Waals surface area (Å²) in [7, 11) is 0. The third kappa shape index (κ3) is 3.68. The number of halogens is 3. The number of carbonyl (C=O) groups is 1. The van der Waals surface area contributed by atoms with Gasteiger partial charge in [0.05, 0.1) is 5.69 Å². The molecular weight excluding hydrogens is 438 g/mol. The summed E-state index contributed by atoms with van der Waals surface area (Å²) in [6.07, 6.45) is 0. The van der Waals surface area contributed by atoms with Gasteiger partial charge in [-0.15, -0.1) is 0 Å². The van der Waals surface area contributed by atoms with Crippen molar-refractivity contribution in [3.8, 4) is 0 Å². The molecule has 0 spiro atoms. The van der Waals surface area contributed by atoms with E-state index < -0.39 is 0 Å². The first-order chi connectivity index (χ1) is 8.97. The molecule has 0 saturated carbocycles. The number of hydrogen-bond donors (Lipinski definition) is 1. The first kappa shape index (κ1) is 14.8. The van der Waals surface area contributed by atoms with Gasteiger partial charge >= 0.3 is 0 Å². The van der Waals surface area contributed by atoms with Gasteiger partial charge in [-0.3, -0.25) is 4.79 Å². The van der Waals surface area contributed by atoms with E-state index in [1.165, 1.54) is 0 Å². The van der Waals surface area contributed by atoms with Gasteiger partial charge in [-0.2, -0.15) is 0 Å². The zero-order valence-corrected chi connectivity index (χ0v) is 14.8. The summed E-state index contributed by atoms with van der Waals surface area (Å²) >= 11 is 10.2. The number of benzene rings is 2. The molecular formula is C14H10Br3NO. The van der Waals surface area contributed by atoms with E-state index in [2.05, 4.69) is 53.1 Å². The Morgan fingerprint density at radius 2 is 1.74 bits per heavy atom. The molecule has 0 aliphatic rings. The van der Waals surface area contributed by atoms with Gasteiger partial charge in [0.25, 0.3) is 5.91 Å². The highest BCUT2D eigenvalue weighted by atomic mass is 79.9. The summed E-state index contributed by atoms with van der Waals surface area (Å²) in [6.45, 7) is 1.98. The Hall–Kier alpha value is -0.650. The summed E-state index contributed by atoms with van der Waals surface area (Å²) < 4.78 is 2.68. The number of nitrogens with one attached hydrogen (secondary N) is 1. The third-order valence-corrected chi connectivity index (χ3v) is 4.65. The van der Waals surface area contributed by atoms with E-state index >= 15 is 0 Å². The average Bonchev–Trinajstić information content (AvgIpc) is 2.37. The third-order valence-electron chi connectivity index (χ3n) is 2.61. The van der Waals surface area contributed by atoms with Crippen LogP contribution in [0.2, 0.25) is 0 Å². The van der Waals surface area contributed by atoms with E-state index in [-0.39, 0.29) is 5.91 Å². The van der Waals surface area contributed by atoms with Crippen LogP contribution in [0, 0.1) is 6.92 Å². The van der Waals surface area contributed by atoms with Gasteiger partial charge in [0.15, 0.2) is 0 Å². The molecule has 0 bridgehead atoms. The fourth-order valence-electron chi connectivity index (χ4n) is 1.52. The fourth-order valence-corrected chi connectivity index (χ4v) is 2.61. The van der Waals surface area contributed by atoms with Crippen LogP contribution in [0.15, 0.2) is 49.8 Å². The summed E-state index contributed by atoms with van der Waals surface area (Å²) in [6, 6.07) is 11.2. The Kier molecular flexibility index (Phi) is 4.81. The van der Waals surface area contributed by atoms with Crippen molar-refractivity contribution in [2.75, 3.05) is 5.32 Å². The lowest BCUT2D eigenvalue weighted by Crippen LogP contribution is -2.12. The molecule has 19 heavy (non-hydrogen) atoms. The molecule has 0 radical (unpaired) electrons. The van der Waals surface area contributed by atoms with Gasteiger partial charge < -0.3 is 5.32 Å². The summed E-state index contributed by atoms with van der Waals surface area (Å²) in [4.78, 5) is 12.2. The number of carbonyl (C=O) groups excluding carboxylic acids is 1. The zero-order chi connectivity index (χ0) is 14.0. The number of anilines is 1. The lowest BCUT2D eigenvalue weighted by atomic mass is 10.1. The van der Waals surface area contributed by atoms with E-state index in [0.29, 0.717) is 5.56 Å². The normalized spacial score (nSPS) is 10.3. The minimum Gasteiger partial charge on any atom is -0.321 e. The number of hydrogen-bond acceptors (Lipinski definition) is 1. The molecule has 5 heteroatoms. The van der Waals surface area contributed by atoms with E-state index in [4.69, 9.17) is 0 Å². The topological polar surface area (TPSA) is 29.1 Å². The SMILES string of the molecule is Cc1ccc(C(=O)Nc2cc(Br)ccc2Br)cc1Br. The van der Waals surface area contributed by atoms with Crippen LogP contribution in [0.5, 0.6) is 0 Å². The van der Waals surface area contributed by atoms with Crippen molar-refractivity contribution < 1.29 is 4.79 Å². The molecule has 0 aromatic heterocycles. The highest BCUT2D eigenvalue weighted by Crippen LogP contribution is 2.27. The van der Waals surface area contributed by atoms with Crippen LogP contribution in [0.25, 0.3) is 0 Å². The van der Waals surface area contributed by atoms with Crippen molar-refractivity contribution in [2.45, 2.75) is 6.92 Å². The maximum absolute atomic E-state index is 12.2. The van der Waals surface area contributed by atoms with Gasteiger partial charge in [-0.1, -0.05) is 37.9 Å². The standard InChI is InChI=1S/C14H10Br3NO/c1-8-2-3-9(6-12(8)17)14(19)18-13-7-10(15)4-5-11(13)16/h2-7H,1H3,(H,18,19). The van der Waals surface area contributed by atoms with E-state index in [1.807, 2.05) is 37.3 Å². The molecule has 2 rings (SSSR count). The Morgan fingerprint density at radius 1 is 1.00 bits per heavy atom. The van der Waals surface area contributed by atoms with Crippen LogP contribution < -0.4 is 5.32 Å². The molecule has 0 aliphatic carbocycles. The highest BCUT2D eigenvalue weighted by molar-refractivity contribution is 9.11. The molecule has 2 nitrogen and oxygen atoms in total. The van der Waals surface area contributed by atoms with Gasteiger partial charge in [0.1, 0.15) is 0 Å². The van der Waals surface area contributed by atoms with Crippen LogP contribution in [-0.4, -0.2) is 5.91 Å². The molecule has 1 amide bonds. The van der Waals surface area contributed by atoms with Crippen molar-refractivity contribution in [1.82, 2.24) is 0 Å². The lowest BCUT2D eigenvalue weighted by Gasteiger charge is -2.09. The molecule has 2 aromatic carbocycles. The highest BCUT2D eigenvalue weighted by Gasteiger charge is 2.09. The minimum absolute atomic E-state index is 0.139. The second-order valence-electron chi connectivity index (χ2n) is 4.04. The minimum atomic E-state index is -0.139. The zero-order valence-electron chi connectivity index (χ0n) is 10.0. The predicted octanol–water partition coefficient (Wildman–Crippen LogP) is 5.53. The maximum atomic E-state index is 12.2. The summed E-state index contributed by atoms with van der Waals surface area (Å²) in [5, 5.41) is 2.88. The average molecular weight is 448 g/mol. The van der Waals surface area contributed by atoms with E-state index in [0.717, 1.165) is 24.7 Å². The monoisotopic (exact) mass is 445 g/mol. The Bertz CT molecular complexity index is 641. The van der Waals surface area contributed by atoms with E-state index in [9.17, 15) is 4.79 Å². The van der Waals surface area contributed by atoms with Crippen LogP contribution in [0.3, 0.4) is 0 Å². The first-order valence-corrected chi connectivity index (χ1v) is 7.88. The van der Waals surface area contributed by atoms with Crippen LogP contribution in [0.4, 0.5) is 5.69 Å². The first-order valence-electron chi connectivity index (χ1n) is 5.50. The van der Waals surface area contributed by atoms with Gasteiger partial charge in [-0.05, 0) is 58.7 Å². The quantitative estimate of drug-likeness (QED) is 0.643.